The molecule has 2 rings (SSSR count). The lowest BCUT2D eigenvalue weighted by Gasteiger charge is -2.07. The van der Waals surface area contributed by atoms with Gasteiger partial charge in [-0.15, -0.1) is 0 Å². The molecule has 0 radical (unpaired) electrons. The smallest absolute Gasteiger partial charge is 0.213 e. The van der Waals surface area contributed by atoms with Crippen LogP contribution in [0.3, 0.4) is 0 Å². The van der Waals surface area contributed by atoms with Crippen molar-refractivity contribution in [1.29, 1.82) is 0 Å². The summed E-state index contributed by atoms with van der Waals surface area (Å²) in [5.41, 5.74) is 7.28. The van der Waals surface area contributed by atoms with Gasteiger partial charge in [0.25, 0.3) is 0 Å². The molecule has 0 spiro atoms. The van der Waals surface area contributed by atoms with Gasteiger partial charge >= 0.3 is 0 Å². The van der Waals surface area contributed by atoms with Crippen LogP contribution in [-0.2, 0) is 13.0 Å². The standard InChI is InChI=1S/C13H16N4OS/c1-3-10-6-16-12(18-10)7-15-11-5-9(13(14)19)4-8(2)17-11/h4-6H,3,7H2,1-2H3,(H2,14,19)(H,15,17). The van der Waals surface area contributed by atoms with Crippen LogP contribution >= 0.6 is 12.2 Å². The molecule has 0 aliphatic rings. The maximum absolute atomic E-state index is 5.63. The van der Waals surface area contributed by atoms with E-state index in [0.29, 0.717) is 23.2 Å². The molecule has 0 saturated carbocycles. The van der Waals surface area contributed by atoms with E-state index in [-0.39, 0.29) is 0 Å². The zero-order valence-corrected chi connectivity index (χ0v) is 11.8. The van der Waals surface area contributed by atoms with Gasteiger partial charge in [0.15, 0.2) is 0 Å². The van der Waals surface area contributed by atoms with Gasteiger partial charge in [-0.2, -0.15) is 0 Å². The molecule has 0 saturated heterocycles. The predicted octanol–water partition coefficient (Wildman–Crippen LogP) is 2.19. The Hall–Kier alpha value is -1.95. The lowest BCUT2D eigenvalue weighted by Crippen LogP contribution is -2.11. The number of anilines is 1. The van der Waals surface area contributed by atoms with E-state index in [4.69, 9.17) is 22.4 Å². The number of oxazole rings is 1. The third-order valence-electron chi connectivity index (χ3n) is 2.61. The summed E-state index contributed by atoms with van der Waals surface area (Å²) in [5.74, 6) is 2.22. The molecular weight excluding hydrogens is 260 g/mol. The van der Waals surface area contributed by atoms with Crippen LogP contribution in [0.25, 0.3) is 0 Å². The number of nitrogens with zero attached hydrogens (tertiary/aromatic N) is 2. The fraction of sp³-hybridized carbons (Fsp3) is 0.308. The van der Waals surface area contributed by atoms with Gasteiger partial charge in [0.05, 0.1) is 12.7 Å². The minimum absolute atomic E-state index is 0.359. The zero-order chi connectivity index (χ0) is 13.8. The Morgan fingerprint density at radius 2 is 2.26 bits per heavy atom. The van der Waals surface area contributed by atoms with E-state index in [1.807, 2.05) is 26.0 Å². The molecular formula is C13H16N4OS. The fourth-order valence-electron chi connectivity index (χ4n) is 1.66. The number of pyridine rings is 1. The molecule has 2 aromatic heterocycles. The molecule has 3 N–H and O–H groups in total. The van der Waals surface area contributed by atoms with Gasteiger partial charge in [-0.05, 0) is 19.1 Å². The summed E-state index contributed by atoms with van der Waals surface area (Å²) in [4.78, 5) is 8.90. The van der Waals surface area contributed by atoms with E-state index in [9.17, 15) is 0 Å². The molecule has 0 aliphatic carbocycles. The highest BCUT2D eigenvalue weighted by molar-refractivity contribution is 7.80. The van der Waals surface area contributed by atoms with Crippen molar-refractivity contribution in [1.82, 2.24) is 9.97 Å². The average molecular weight is 276 g/mol. The molecule has 6 heteroatoms. The minimum atomic E-state index is 0.359. The first-order chi connectivity index (χ1) is 9.08. The maximum atomic E-state index is 5.63. The minimum Gasteiger partial charge on any atom is -0.444 e. The zero-order valence-electron chi connectivity index (χ0n) is 10.9. The maximum Gasteiger partial charge on any atom is 0.213 e. The predicted molar refractivity (Wildman–Crippen MR) is 78.1 cm³/mol. The van der Waals surface area contributed by atoms with Gasteiger partial charge in [0, 0.05) is 17.7 Å². The Labute approximate surface area is 117 Å². The van der Waals surface area contributed by atoms with Crippen LogP contribution in [0.2, 0.25) is 0 Å². The molecule has 19 heavy (non-hydrogen) atoms. The van der Waals surface area contributed by atoms with E-state index in [1.54, 1.807) is 6.20 Å². The number of nitrogens with two attached hydrogens (primary N) is 1. The quantitative estimate of drug-likeness (QED) is 0.815. The number of rotatable bonds is 5. The molecule has 0 aromatic carbocycles. The number of nitrogens with one attached hydrogen (secondary N) is 1. The normalized spacial score (nSPS) is 10.4. The summed E-state index contributed by atoms with van der Waals surface area (Å²) in [6, 6.07) is 3.67. The van der Waals surface area contributed by atoms with Gasteiger partial charge in [-0.1, -0.05) is 19.1 Å². The lowest BCUT2D eigenvalue weighted by atomic mass is 10.2. The fourth-order valence-corrected chi connectivity index (χ4v) is 1.78. The van der Waals surface area contributed by atoms with E-state index in [2.05, 4.69) is 15.3 Å². The molecule has 0 unspecified atom stereocenters. The van der Waals surface area contributed by atoms with Gasteiger partial charge in [0.1, 0.15) is 16.6 Å². The lowest BCUT2D eigenvalue weighted by molar-refractivity contribution is 0.465. The molecule has 2 heterocycles. The summed E-state index contributed by atoms with van der Waals surface area (Å²) in [6.45, 7) is 4.40. The van der Waals surface area contributed by atoms with Crippen LogP contribution in [0.15, 0.2) is 22.7 Å². The van der Waals surface area contributed by atoms with E-state index in [1.165, 1.54) is 0 Å². The van der Waals surface area contributed by atoms with Crippen LogP contribution in [0.4, 0.5) is 5.82 Å². The SMILES string of the molecule is CCc1cnc(CNc2cc(C(N)=S)cc(C)n2)o1. The Bertz CT molecular complexity index is 594. The summed E-state index contributed by atoms with van der Waals surface area (Å²) in [7, 11) is 0. The summed E-state index contributed by atoms with van der Waals surface area (Å²) >= 11 is 4.97. The Morgan fingerprint density at radius 3 is 2.89 bits per heavy atom. The summed E-state index contributed by atoms with van der Waals surface area (Å²) in [6.07, 6.45) is 2.57. The number of aromatic nitrogens is 2. The third-order valence-corrected chi connectivity index (χ3v) is 2.84. The molecule has 0 amide bonds. The molecule has 0 fully saturated rings. The first-order valence-corrected chi connectivity index (χ1v) is 6.45. The average Bonchev–Trinajstić information content (AvgIpc) is 2.83. The summed E-state index contributed by atoms with van der Waals surface area (Å²) < 4.78 is 5.51. The number of aryl methyl sites for hydroxylation is 2. The van der Waals surface area contributed by atoms with Gasteiger partial charge in [0.2, 0.25) is 5.89 Å². The first kappa shape index (κ1) is 13.5. The highest BCUT2D eigenvalue weighted by atomic mass is 32.1. The van der Waals surface area contributed by atoms with Crippen molar-refractivity contribution in [2.45, 2.75) is 26.8 Å². The molecule has 100 valence electrons. The van der Waals surface area contributed by atoms with Crippen molar-refractivity contribution in [2.24, 2.45) is 5.73 Å². The molecule has 2 aromatic rings. The number of hydrogen-bond acceptors (Lipinski definition) is 5. The first-order valence-electron chi connectivity index (χ1n) is 6.04. The van der Waals surface area contributed by atoms with Crippen molar-refractivity contribution in [3.05, 3.63) is 41.2 Å². The molecule has 0 aliphatic heterocycles. The van der Waals surface area contributed by atoms with Crippen molar-refractivity contribution < 1.29 is 4.42 Å². The van der Waals surface area contributed by atoms with Crippen LogP contribution in [-0.4, -0.2) is 15.0 Å². The van der Waals surface area contributed by atoms with Crippen LogP contribution < -0.4 is 11.1 Å². The van der Waals surface area contributed by atoms with Gasteiger partial charge < -0.3 is 15.5 Å². The van der Waals surface area contributed by atoms with Crippen molar-refractivity contribution in [2.75, 3.05) is 5.32 Å². The van der Waals surface area contributed by atoms with Gasteiger partial charge in [-0.3, -0.25) is 0 Å². The number of thiocarbonyl (C=S) groups is 1. The van der Waals surface area contributed by atoms with Crippen molar-refractivity contribution in [3.63, 3.8) is 0 Å². The topological polar surface area (TPSA) is 77.0 Å². The monoisotopic (exact) mass is 276 g/mol. The second-order valence-corrected chi connectivity index (χ2v) is 4.61. The Morgan fingerprint density at radius 1 is 1.47 bits per heavy atom. The molecule has 0 bridgehead atoms. The van der Waals surface area contributed by atoms with E-state index < -0.39 is 0 Å². The Balaban J connectivity index is 2.08. The second kappa shape index (κ2) is 5.79. The molecule has 0 atom stereocenters. The second-order valence-electron chi connectivity index (χ2n) is 4.17. The van der Waals surface area contributed by atoms with Crippen molar-refractivity contribution in [3.8, 4) is 0 Å². The van der Waals surface area contributed by atoms with Crippen LogP contribution in [0, 0.1) is 6.92 Å². The van der Waals surface area contributed by atoms with E-state index in [0.717, 1.165) is 23.4 Å². The van der Waals surface area contributed by atoms with Crippen LogP contribution in [0.1, 0.15) is 29.8 Å². The number of hydrogen-bond donors (Lipinski definition) is 2. The van der Waals surface area contributed by atoms with Gasteiger partial charge in [-0.25, -0.2) is 9.97 Å². The third kappa shape index (κ3) is 3.51. The largest absolute Gasteiger partial charge is 0.444 e. The van der Waals surface area contributed by atoms with E-state index >= 15 is 0 Å². The Kier molecular flexibility index (Phi) is 4.11. The highest BCUT2D eigenvalue weighted by Gasteiger charge is 2.05. The highest BCUT2D eigenvalue weighted by Crippen LogP contribution is 2.12. The van der Waals surface area contributed by atoms with Crippen LogP contribution in [0.5, 0.6) is 0 Å². The van der Waals surface area contributed by atoms with Crippen molar-refractivity contribution >= 4 is 23.0 Å². The molecule has 5 nitrogen and oxygen atoms in total. The summed E-state index contributed by atoms with van der Waals surface area (Å²) in [5, 5.41) is 3.15.